The number of halogens is 2. The van der Waals surface area contributed by atoms with Crippen molar-refractivity contribution in [3.63, 3.8) is 0 Å². The summed E-state index contributed by atoms with van der Waals surface area (Å²) in [4.78, 5) is 21.5. The van der Waals surface area contributed by atoms with Crippen molar-refractivity contribution in [3.05, 3.63) is 136 Å². The molecule has 1 heterocycles. The third-order valence-electron chi connectivity index (χ3n) is 7.32. The fourth-order valence-corrected chi connectivity index (χ4v) is 5.56. The van der Waals surface area contributed by atoms with Crippen molar-refractivity contribution in [2.45, 2.75) is 25.4 Å². The molecule has 7 heteroatoms. The predicted molar refractivity (Wildman–Crippen MR) is 168 cm³/mol. The Morgan fingerprint density at radius 1 is 0.780 bits per heavy atom. The molecule has 0 bridgehead atoms. The van der Waals surface area contributed by atoms with Crippen LogP contribution in [0, 0.1) is 0 Å². The third-order valence-corrected chi connectivity index (χ3v) is 7.56. The number of fused-ring (bicyclic) bond motifs is 2. The van der Waals surface area contributed by atoms with E-state index in [0.29, 0.717) is 28.4 Å². The molecular formula is C34H28Cl2N2O3. The van der Waals surface area contributed by atoms with Crippen molar-refractivity contribution < 1.29 is 15.0 Å². The normalized spacial score (nSPS) is 16.5. The minimum Gasteiger partial charge on any atom is -0.508 e. The zero-order valence-electron chi connectivity index (χ0n) is 22.3. The number of hydrogen-bond acceptors (Lipinski definition) is 4. The standard InChI is InChI=1S/C34H27ClN2O3.ClH/c1-34(20-22-9-10-24-6-2-3-7-26(24)17-22)33(40)37(21-23-5-4-8-29(39)18-23)31-16-13-27(35)19-30(31)32(36-34)25-11-14-28(38)15-12-25;/h2-19,38-39H,20-21H2,1H3;1H. The lowest BCUT2D eigenvalue weighted by Crippen LogP contribution is -2.46. The van der Waals surface area contributed by atoms with Gasteiger partial charge in [-0.3, -0.25) is 9.79 Å². The largest absolute Gasteiger partial charge is 0.508 e. The second-order valence-corrected chi connectivity index (χ2v) is 10.8. The number of phenolic OH excluding ortho intramolecular Hbond substituents is 2. The van der Waals surface area contributed by atoms with Gasteiger partial charge in [0.15, 0.2) is 0 Å². The highest BCUT2D eigenvalue weighted by molar-refractivity contribution is 6.32. The first kappa shape index (κ1) is 28.2. The molecule has 6 rings (SSSR count). The summed E-state index contributed by atoms with van der Waals surface area (Å²) in [6.45, 7) is 2.11. The lowest BCUT2D eigenvalue weighted by Gasteiger charge is -2.31. The van der Waals surface area contributed by atoms with Crippen LogP contribution in [-0.4, -0.2) is 27.4 Å². The van der Waals surface area contributed by atoms with Gasteiger partial charge in [-0.2, -0.15) is 0 Å². The molecule has 5 aromatic carbocycles. The van der Waals surface area contributed by atoms with Gasteiger partial charge in [-0.05, 0) is 83.4 Å². The lowest BCUT2D eigenvalue weighted by atomic mass is 9.90. The number of aromatic hydroxyl groups is 2. The molecular weight excluding hydrogens is 555 g/mol. The second kappa shape index (κ2) is 11.3. The Balaban J connectivity index is 0.00000337. The summed E-state index contributed by atoms with van der Waals surface area (Å²) in [5.74, 6) is 0.113. The number of amides is 1. The maximum absolute atomic E-state index is 14.6. The fraction of sp³-hybridized carbons (Fsp3) is 0.118. The number of carbonyl (C=O) groups is 1. The highest BCUT2D eigenvalue weighted by Crippen LogP contribution is 2.37. The molecule has 0 saturated carbocycles. The second-order valence-electron chi connectivity index (χ2n) is 10.4. The molecule has 0 saturated heterocycles. The number of nitrogens with zero attached hydrogens (tertiary/aromatic N) is 2. The number of hydrogen-bond donors (Lipinski definition) is 2. The van der Waals surface area contributed by atoms with E-state index in [2.05, 4.69) is 24.3 Å². The third kappa shape index (κ3) is 5.64. The number of benzene rings is 5. The minimum absolute atomic E-state index is 0. The van der Waals surface area contributed by atoms with Crippen LogP contribution in [0.25, 0.3) is 10.8 Å². The Bertz CT molecular complexity index is 1790. The molecule has 2 N–H and O–H groups in total. The van der Waals surface area contributed by atoms with Crippen LogP contribution >= 0.6 is 24.0 Å². The Morgan fingerprint density at radius 3 is 2.29 bits per heavy atom. The Morgan fingerprint density at radius 2 is 1.54 bits per heavy atom. The summed E-state index contributed by atoms with van der Waals surface area (Å²) >= 11 is 6.50. The number of carbonyl (C=O) groups excluding carboxylic acids is 1. The molecule has 1 amide bonds. The van der Waals surface area contributed by atoms with Gasteiger partial charge in [-0.25, -0.2) is 0 Å². The predicted octanol–water partition coefficient (Wildman–Crippen LogP) is 7.71. The molecule has 206 valence electrons. The van der Waals surface area contributed by atoms with E-state index in [1.54, 1.807) is 53.4 Å². The van der Waals surface area contributed by atoms with E-state index in [-0.39, 0.29) is 36.4 Å². The fourth-order valence-electron chi connectivity index (χ4n) is 5.38. The van der Waals surface area contributed by atoms with Gasteiger partial charge in [0, 0.05) is 22.6 Å². The van der Waals surface area contributed by atoms with Crippen LogP contribution in [-0.2, 0) is 17.8 Å². The SMILES string of the molecule is CC1(Cc2ccc3ccccc3c2)N=C(c2ccc(O)cc2)c2cc(Cl)ccc2N(Cc2cccc(O)c2)C1=O.Cl. The molecule has 41 heavy (non-hydrogen) atoms. The number of anilines is 1. The van der Waals surface area contributed by atoms with Gasteiger partial charge in [0.1, 0.15) is 17.0 Å². The van der Waals surface area contributed by atoms with E-state index in [9.17, 15) is 15.0 Å². The first-order valence-corrected chi connectivity index (χ1v) is 13.4. The molecule has 0 radical (unpaired) electrons. The average molecular weight is 584 g/mol. The van der Waals surface area contributed by atoms with Gasteiger partial charge in [0.25, 0.3) is 5.91 Å². The molecule has 5 nitrogen and oxygen atoms in total. The Kier molecular flexibility index (Phi) is 7.76. The van der Waals surface area contributed by atoms with E-state index < -0.39 is 5.54 Å². The van der Waals surface area contributed by atoms with Gasteiger partial charge >= 0.3 is 0 Å². The highest BCUT2D eigenvalue weighted by Gasteiger charge is 2.41. The van der Waals surface area contributed by atoms with Gasteiger partial charge in [-0.1, -0.05) is 66.2 Å². The van der Waals surface area contributed by atoms with Gasteiger partial charge in [0.05, 0.1) is 17.9 Å². The maximum Gasteiger partial charge on any atom is 0.255 e. The summed E-state index contributed by atoms with van der Waals surface area (Å²) in [7, 11) is 0. The maximum atomic E-state index is 14.6. The Hall–Kier alpha value is -4.32. The molecule has 1 aliphatic rings. The minimum atomic E-state index is -1.17. The van der Waals surface area contributed by atoms with E-state index in [1.807, 2.05) is 43.3 Å². The molecule has 0 aliphatic carbocycles. The summed E-state index contributed by atoms with van der Waals surface area (Å²) in [6, 6.07) is 33.5. The summed E-state index contributed by atoms with van der Waals surface area (Å²) in [5.41, 5.74) is 3.38. The molecule has 0 fully saturated rings. The zero-order chi connectivity index (χ0) is 27.9. The van der Waals surface area contributed by atoms with E-state index in [1.165, 1.54) is 0 Å². The average Bonchev–Trinajstić information content (AvgIpc) is 3.02. The molecule has 0 spiro atoms. The number of aliphatic imine (C=N–C) groups is 1. The van der Waals surface area contributed by atoms with Crippen molar-refractivity contribution in [2.24, 2.45) is 4.99 Å². The molecule has 1 unspecified atom stereocenters. The Labute approximate surface area is 249 Å². The molecule has 0 aromatic heterocycles. The number of phenols is 2. The topological polar surface area (TPSA) is 73.1 Å². The van der Waals surface area contributed by atoms with E-state index in [4.69, 9.17) is 16.6 Å². The van der Waals surface area contributed by atoms with Crippen molar-refractivity contribution in [2.75, 3.05) is 4.90 Å². The van der Waals surface area contributed by atoms with Crippen LogP contribution in [0.2, 0.25) is 5.02 Å². The van der Waals surface area contributed by atoms with Gasteiger partial charge in [-0.15, -0.1) is 12.4 Å². The highest BCUT2D eigenvalue weighted by atomic mass is 35.5. The smallest absolute Gasteiger partial charge is 0.255 e. The summed E-state index contributed by atoms with van der Waals surface area (Å²) < 4.78 is 0. The zero-order valence-corrected chi connectivity index (χ0v) is 23.9. The quantitative estimate of drug-likeness (QED) is 0.223. The number of rotatable bonds is 5. The van der Waals surface area contributed by atoms with Crippen LogP contribution in [0.4, 0.5) is 5.69 Å². The number of benzodiazepines with no additional fused rings is 1. The first-order chi connectivity index (χ1) is 19.3. The van der Waals surface area contributed by atoms with E-state index >= 15 is 0 Å². The van der Waals surface area contributed by atoms with Crippen LogP contribution in [0.15, 0.2) is 114 Å². The van der Waals surface area contributed by atoms with Crippen molar-refractivity contribution in [1.82, 2.24) is 0 Å². The lowest BCUT2D eigenvalue weighted by molar-refractivity contribution is -0.123. The van der Waals surface area contributed by atoms with Crippen molar-refractivity contribution >= 4 is 52.1 Å². The molecule has 1 aliphatic heterocycles. The van der Waals surface area contributed by atoms with Gasteiger partial charge < -0.3 is 15.1 Å². The van der Waals surface area contributed by atoms with Crippen LogP contribution in [0.5, 0.6) is 11.5 Å². The summed E-state index contributed by atoms with van der Waals surface area (Å²) in [5, 5.41) is 22.8. The van der Waals surface area contributed by atoms with Crippen LogP contribution in [0.3, 0.4) is 0 Å². The molecule has 1 atom stereocenters. The van der Waals surface area contributed by atoms with Crippen LogP contribution < -0.4 is 4.90 Å². The van der Waals surface area contributed by atoms with Gasteiger partial charge in [0.2, 0.25) is 0 Å². The van der Waals surface area contributed by atoms with Crippen LogP contribution in [0.1, 0.15) is 29.2 Å². The van der Waals surface area contributed by atoms with Crippen molar-refractivity contribution in [1.29, 1.82) is 0 Å². The van der Waals surface area contributed by atoms with E-state index in [0.717, 1.165) is 27.5 Å². The summed E-state index contributed by atoms with van der Waals surface area (Å²) in [6.07, 6.45) is 0.372. The monoisotopic (exact) mass is 582 g/mol. The first-order valence-electron chi connectivity index (χ1n) is 13.1. The van der Waals surface area contributed by atoms with Crippen molar-refractivity contribution in [3.8, 4) is 11.5 Å². The molecule has 5 aromatic rings.